The van der Waals surface area contributed by atoms with Gasteiger partial charge in [-0.05, 0) is 29.3 Å². The predicted octanol–water partition coefficient (Wildman–Crippen LogP) is 10.2. The highest BCUT2D eigenvalue weighted by Gasteiger charge is 2.43. The third kappa shape index (κ3) is 4.72. The molecule has 2 aliphatic carbocycles. The zero-order valence-corrected chi connectivity index (χ0v) is 25.4. The van der Waals surface area contributed by atoms with Crippen LogP contribution in [0, 0.1) is 69.8 Å². The minimum absolute atomic E-state index is 0.0375. The van der Waals surface area contributed by atoms with Crippen LogP contribution in [0.2, 0.25) is 0 Å². The van der Waals surface area contributed by atoms with Crippen LogP contribution >= 0.6 is 0 Å². The van der Waals surface area contributed by atoms with E-state index in [0.29, 0.717) is 0 Å². The number of hydrogen-bond donors (Lipinski definition) is 0. The molecule has 0 atom stereocenters. The molecule has 262 valence electrons. The largest absolute Gasteiger partial charge is 0.864 e. The van der Waals surface area contributed by atoms with Crippen LogP contribution in [0.5, 0.6) is 17.2 Å². The van der Waals surface area contributed by atoms with Crippen molar-refractivity contribution in [3.8, 4) is 39.5 Å². The first kappa shape index (κ1) is 33.4. The summed E-state index contributed by atoms with van der Waals surface area (Å²) in [6, 6.07) is 9.45. The summed E-state index contributed by atoms with van der Waals surface area (Å²) in [5.41, 5.74) is -3.52. The molecule has 0 N–H and O–H groups in total. The van der Waals surface area contributed by atoms with Gasteiger partial charge in [-0.25, -0.2) is 43.9 Å². The SMILES string of the molecule is Fc1cccc2c1-c1c(F)c(F)c(F)c(OB(Oc3c(F)c(F)c(F)c4c3Cc3cccc(F)c3-4)Oc3cccc4c(F)c(F)c(F)c(F)c34)c1C2. The molecule has 0 amide bonds. The summed E-state index contributed by atoms with van der Waals surface area (Å²) in [5.74, 6) is -26.1. The minimum atomic E-state index is -2.80. The molecule has 52 heavy (non-hydrogen) atoms. The molecular weight excluding hydrogens is 719 g/mol. The Morgan fingerprint density at radius 2 is 0.846 bits per heavy atom. The summed E-state index contributed by atoms with van der Waals surface area (Å²) >= 11 is 0. The molecule has 0 fully saturated rings. The summed E-state index contributed by atoms with van der Waals surface area (Å²) in [5, 5.41) is -2.02. The van der Waals surface area contributed by atoms with Crippen molar-refractivity contribution in [2.75, 3.05) is 0 Å². The topological polar surface area (TPSA) is 27.7 Å². The molecule has 0 saturated heterocycles. The fourth-order valence-corrected chi connectivity index (χ4v) is 6.67. The smallest absolute Gasteiger partial charge is 0.489 e. The number of halogens is 12. The van der Waals surface area contributed by atoms with Crippen LogP contribution in [0.1, 0.15) is 22.3 Å². The number of fused-ring (bicyclic) bond motifs is 7. The standard InChI is InChI=1S/C36H13BF12O3/c38-17-7-1-4-12-10-15-23(20(12)17)27(42)31(46)33(48)35(15)51-37(50-19-9-3-6-14-22(19)26(41)30(45)29(44)25(14)40)52-36-16-11-13-5-2-8-18(39)21(13)24(16)28(43)32(47)34(36)49/h1-9H,10-11H2. The van der Waals surface area contributed by atoms with Crippen LogP contribution in [0.25, 0.3) is 33.0 Å². The van der Waals surface area contributed by atoms with Crippen LogP contribution in [0.3, 0.4) is 0 Å². The third-order valence-electron chi connectivity index (χ3n) is 8.91. The molecule has 16 heteroatoms. The fourth-order valence-electron chi connectivity index (χ4n) is 6.67. The van der Waals surface area contributed by atoms with E-state index in [1.807, 2.05) is 0 Å². The molecule has 0 aliphatic heterocycles. The van der Waals surface area contributed by atoms with Gasteiger partial charge in [-0.1, -0.05) is 36.4 Å². The van der Waals surface area contributed by atoms with Gasteiger partial charge in [-0.15, -0.1) is 0 Å². The summed E-state index contributed by atoms with van der Waals surface area (Å²) in [4.78, 5) is 0. The quantitative estimate of drug-likeness (QED) is 0.0738. The maximum absolute atomic E-state index is 15.6. The first-order valence-corrected chi connectivity index (χ1v) is 15.0. The molecule has 0 unspecified atom stereocenters. The molecule has 0 saturated carbocycles. The van der Waals surface area contributed by atoms with E-state index in [4.69, 9.17) is 14.0 Å². The molecule has 0 spiro atoms. The van der Waals surface area contributed by atoms with Crippen molar-refractivity contribution < 1.29 is 66.6 Å². The van der Waals surface area contributed by atoms with E-state index in [1.165, 1.54) is 24.3 Å². The predicted molar refractivity (Wildman–Crippen MR) is 160 cm³/mol. The Balaban J connectivity index is 1.33. The first-order chi connectivity index (χ1) is 24.8. The van der Waals surface area contributed by atoms with Crippen LogP contribution in [0.15, 0.2) is 54.6 Å². The van der Waals surface area contributed by atoms with Gasteiger partial charge >= 0.3 is 7.32 Å². The second kappa shape index (κ2) is 11.9. The lowest BCUT2D eigenvalue weighted by atomic mass is 10.0. The van der Waals surface area contributed by atoms with Crippen molar-refractivity contribution in [3.63, 3.8) is 0 Å². The van der Waals surface area contributed by atoms with Gasteiger partial charge in [0.1, 0.15) is 28.9 Å². The molecule has 2 aliphatic rings. The van der Waals surface area contributed by atoms with Gasteiger partial charge in [0.2, 0.25) is 11.6 Å². The lowest BCUT2D eigenvalue weighted by molar-refractivity contribution is 0.285. The third-order valence-corrected chi connectivity index (χ3v) is 8.91. The van der Waals surface area contributed by atoms with Crippen molar-refractivity contribution >= 4 is 18.1 Å². The summed E-state index contributed by atoms with van der Waals surface area (Å²) < 4.78 is 196. The molecule has 3 nitrogen and oxygen atoms in total. The van der Waals surface area contributed by atoms with Gasteiger partial charge in [0.15, 0.2) is 46.5 Å². The van der Waals surface area contributed by atoms with E-state index in [9.17, 15) is 22.0 Å². The van der Waals surface area contributed by atoms with E-state index in [-0.39, 0.29) is 11.1 Å². The van der Waals surface area contributed by atoms with Crippen molar-refractivity contribution in [1.82, 2.24) is 0 Å². The lowest BCUT2D eigenvalue weighted by Crippen LogP contribution is -2.38. The second-order valence-electron chi connectivity index (χ2n) is 11.7. The highest BCUT2D eigenvalue weighted by atomic mass is 19.2. The Morgan fingerprint density at radius 1 is 0.404 bits per heavy atom. The van der Waals surface area contributed by atoms with E-state index in [0.717, 1.165) is 30.3 Å². The fraction of sp³-hybridized carbons (Fsp3) is 0.0556. The molecule has 8 rings (SSSR count). The van der Waals surface area contributed by atoms with Gasteiger partial charge in [0.25, 0.3) is 0 Å². The van der Waals surface area contributed by atoms with Crippen molar-refractivity contribution in [2.24, 2.45) is 0 Å². The molecule has 0 bridgehead atoms. The Morgan fingerprint density at radius 3 is 1.35 bits per heavy atom. The second-order valence-corrected chi connectivity index (χ2v) is 11.7. The van der Waals surface area contributed by atoms with Crippen molar-refractivity contribution in [2.45, 2.75) is 12.8 Å². The average molecular weight is 732 g/mol. The highest BCUT2D eigenvalue weighted by molar-refractivity contribution is 6.40. The first-order valence-electron chi connectivity index (χ1n) is 15.0. The average Bonchev–Trinajstić information content (AvgIpc) is 3.72. The molecule has 6 aromatic carbocycles. The van der Waals surface area contributed by atoms with Crippen LogP contribution in [-0.2, 0) is 12.8 Å². The van der Waals surface area contributed by atoms with Gasteiger partial charge in [-0.3, -0.25) is 0 Å². The zero-order valence-electron chi connectivity index (χ0n) is 25.4. The zero-order chi connectivity index (χ0) is 36.9. The lowest BCUT2D eigenvalue weighted by Gasteiger charge is -2.22. The van der Waals surface area contributed by atoms with Crippen LogP contribution < -0.4 is 14.0 Å². The Labute approximate surface area is 283 Å². The highest BCUT2D eigenvalue weighted by Crippen LogP contribution is 2.49. The summed E-state index contributed by atoms with van der Waals surface area (Å²) in [6.07, 6.45) is -0.999. The van der Waals surface area contributed by atoms with Gasteiger partial charge in [-0.2, -0.15) is 8.78 Å². The van der Waals surface area contributed by atoms with Crippen molar-refractivity contribution in [3.05, 3.63) is 147 Å². The van der Waals surface area contributed by atoms with E-state index in [1.54, 1.807) is 0 Å². The molecule has 0 heterocycles. The Hall–Kier alpha value is -5.80. The van der Waals surface area contributed by atoms with Crippen LogP contribution in [0.4, 0.5) is 52.7 Å². The summed E-state index contributed by atoms with van der Waals surface area (Å²) in [6.45, 7) is 0. The normalized spacial score (nSPS) is 12.5. The van der Waals surface area contributed by atoms with Crippen LogP contribution in [-0.4, -0.2) is 7.32 Å². The van der Waals surface area contributed by atoms with Gasteiger partial charge in [0, 0.05) is 51.6 Å². The number of rotatable bonds is 6. The molecule has 0 radical (unpaired) electrons. The van der Waals surface area contributed by atoms with E-state index >= 15 is 30.7 Å². The number of hydrogen-bond acceptors (Lipinski definition) is 3. The molecule has 0 aromatic heterocycles. The molecule has 6 aromatic rings. The molecular formula is C36H13BF12O3. The van der Waals surface area contributed by atoms with Gasteiger partial charge < -0.3 is 14.0 Å². The number of benzene rings is 6. The minimum Gasteiger partial charge on any atom is -0.489 e. The van der Waals surface area contributed by atoms with E-state index in [2.05, 4.69) is 0 Å². The monoisotopic (exact) mass is 732 g/mol. The maximum atomic E-state index is 15.6. The Kier molecular flexibility index (Phi) is 7.62. The summed E-state index contributed by atoms with van der Waals surface area (Å²) in [7, 11) is -2.80. The maximum Gasteiger partial charge on any atom is 0.864 e. The van der Waals surface area contributed by atoms with Gasteiger partial charge in [0.05, 0.1) is 5.39 Å². The Bertz CT molecular complexity index is 2440. The van der Waals surface area contributed by atoms with Crippen molar-refractivity contribution in [1.29, 1.82) is 0 Å². The van der Waals surface area contributed by atoms with E-state index < -0.39 is 151 Å².